The summed E-state index contributed by atoms with van der Waals surface area (Å²) in [6.45, 7) is 5.24. The maximum Gasteiger partial charge on any atom is 0.116 e. The van der Waals surface area contributed by atoms with Crippen molar-refractivity contribution in [2.75, 3.05) is 0 Å². The van der Waals surface area contributed by atoms with Crippen LogP contribution >= 0.6 is 0 Å². The Labute approximate surface area is 83.2 Å². The highest BCUT2D eigenvalue weighted by atomic mass is 16.4. The van der Waals surface area contributed by atoms with Gasteiger partial charge >= 0.3 is 0 Å². The van der Waals surface area contributed by atoms with Gasteiger partial charge in [-0.15, -0.1) is 0 Å². The molecule has 14 heavy (non-hydrogen) atoms. The van der Waals surface area contributed by atoms with Crippen molar-refractivity contribution in [2.45, 2.75) is 44.7 Å². The van der Waals surface area contributed by atoms with Crippen molar-refractivity contribution in [2.24, 2.45) is 17.3 Å². The molecule has 0 aromatic heterocycles. The minimum atomic E-state index is -1.60. The molecule has 4 nitrogen and oxygen atoms in total. The average molecular weight is 202 g/mol. The molecule has 0 spiro atoms. The molecule has 2 fully saturated rings. The van der Waals surface area contributed by atoms with Gasteiger partial charge in [0.15, 0.2) is 0 Å². The Balaban J connectivity index is 2.33. The second-order valence-electron chi connectivity index (χ2n) is 5.48. The van der Waals surface area contributed by atoms with Crippen molar-refractivity contribution >= 4 is 0 Å². The fourth-order valence-corrected chi connectivity index (χ4v) is 3.05. The molecule has 0 aromatic carbocycles. The lowest BCUT2D eigenvalue weighted by Crippen LogP contribution is -2.59. The van der Waals surface area contributed by atoms with Gasteiger partial charge in [-0.2, -0.15) is 0 Å². The second kappa shape index (κ2) is 2.50. The summed E-state index contributed by atoms with van der Waals surface area (Å²) in [4.78, 5) is 0. The molecule has 2 saturated carbocycles. The highest BCUT2D eigenvalue weighted by Gasteiger charge is 2.72. The van der Waals surface area contributed by atoms with Crippen LogP contribution in [0.15, 0.2) is 0 Å². The largest absolute Gasteiger partial charge is 0.390 e. The molecular weight excluding hydrogens is 184 g/mol. The molecule has 0 heterocycles. The van der Waals surface area contributed by atoms with Gasteiger partial charge in [0.25, 0.3) is 0 Å². The first-order valence-electron chi connectivity index (χ1n) is 4.99. The van der Waals surface area contributed by atoms with Crippen LogP contribution in [0.5, 0.6) is 0 Å². The van der Waals surface area contributed by atoms with Gasteiger partial charge in [0.1, 0.15) is 11.7 Å². The normalized spacial score (nSPS) is 60.6. The van der Waals surface area contributed by atoms with Crippen LogP contribution < -0.4 is 0 Å². The van der Waals surface area contributed by atoms with Crippen LogP contribution in [-0.4, -0.2) is 44.3 Å². The van der Waals surface area contributed by atoms with Gasteiger partial charge in [-0.1, -0.05) is 13.8 Å². The van der Waals surface area contributed by atoms with Crippen molar-refractivity contribution in [3.63, 3.8) is 0 Å². The summed E-state index contributed by atoms with van der Waals surface area (Å²) in [6, 6.07) is 0. The standard InChI is InChI=1S/C10H18O4/c1-9(2)4-5(9)7(12)10(3,14)8(13)6(4)11/h4-8,11-14H,1-3H3. The summed E-state index contributed by atoms with van der Waals surface area (Å²) in [5.74, 6) is -0.219. The third kappa shape index (κ3) is 0.972. The van der Waals surface area contributed by atoms with Gasteiger partial charge < -0.3 is 20.4 Å². The van der Waals surface area contributed by atoms with E-state index >= 15 is 0 Å². The number of aliphatic hydroxyl groups excluding tert-OH is 3. The van der Waals surface area contributed by atoms with Crippen LogP contribution in [0.3, 0.4) is 0 Å². The zero-order valence-corrected chi connectivity index (χ0v) is 8.68. The topological polar surface area (TPSA) is 80.9 Å². The minimum Gasteiger partial charge on any atom is -0.390 e. The van der Waals surface area contributed by atoms with Crippen molar-refractivity contribution < 1.29 is 20.4 Å². The molecule has 2 aliphatic carbocycles. The Kier molecular flexibility index (Phi) is 1.85. The first-order valence-corrected chi connectivity index (χ1v) is 4.99. The number of hydrogen-bond donors (Lipinski definition) is 4. The monoisotopic (exact) mass is 202 g/mol. The van der Waals surface area contributed by atoms with Crippen LogP contribution in [0.25, 0.3) is 0 Å². The van der Waals surface area contributed by atoms with Crippen molar-refractivity contribution in [1.82, 2.24) is 0 Å². The van der Waals surface area contributed by atoms with Crippen LogP contribution in [0.4, 0.5) is 0 Å². The van der Waals surface area contributed by atoms with E-state index in [1.54, 1.807) is 0 Å². The van der Waals surface area contributed by atoms with Crippen LogP contribution in [0.2, 0.25) is 0 Å². The van der Waals surface area contributed by atoms with Gasteiger partial charge in [-0.05, 0) is 24.2 Å². The molecular formula is C10H18O4. The minimum absolute atomic E-state index is 0.104. The Hall–Kier alpha value is -0.160. The predicted octanol–water partition coefficient (Wildman–Crippen LogP) is -0.894. The lowest BCUT2D eigenvalue weighted by atomic mass is 9.79. The Morgan fingerprint density at radius 2 is 1.36 bits per heavy atom. The first-order chi connectivity index (χ1) is 6.22. The highest BCUT2D eigenvalue weighted by Crippen LogP contribution is 2.66. The molecule has 0 aliphatic heterocycles. The van der Waals surface area contributed by atoms with Crippen LogP contribution in [0, 0.1) is 17.3 Å². The molecule has 6 atom stereocenters. The lowest BCUT2D eigenvalue weighted by molar-refractivity contribution is -0.197. The third-order valence-corrected chi connectivity index (χ3v) is 4.23. The van der Waals surface area contributed by atoms with Crippen molar-refractivity contribution in [1.29, 1.82) is 0 Å². The zero-order valence-electron chi connectivity index (χ0n) is 8.68. The summed E-state index contributed by atoms with van der Waals surface area (Å²) < 4.78 is 0. The van der Waals surface area contributed by atoms with Crippen molar-refractivity contribution in [3.8, 4) is 0 Å². The van der Waals surface area contributed by atoms with Crippen LogP contribution in [-0.2, 0) is 0 Å². The van der Waals surface area contributed by atoms with E-state index in [2.05, 4.69) is 0 Å². The maximum atomic E-state index is 9.85. The molecule has 2 aliphatic rings. The average Bonchev–Trinajstić information content (AvgIpc) is 2.63. The second-order valence-corrected chi connectivity index (χ2v) is 5.48. The summed E-state index contributed by atoms with van der Waals surface area (Å²) in [7, 11) is 0. The predicted molar refractivity (Wildman–Crippen MR) is 49.4 cm³/mol. The maximum absolute atomic E-state index is 9.85. The molecule has 0 radical (unpaired) electrons. The smallest absolute Gasteiger partial charge is 0.116 e. The van der Waals surface area contributed by atoms with Crippen molar-refractivity contribution in [3.05, 3.63) is 0 Å². The SMILES string of the molecule is CC1(C)C2C(O)C(O)C(C)(O)C(O)C21. The molecule has 0 saturated heterocycles. The molecule has 6 unspecified atom stereocenters. The third-order valence-electron chi connectivity index (χ3n) is 4.23. The van der Waals surface area contributed by atoms with Gasteiger partial charge in [0.05, 0.1) is 12.2 Å². The summed E-state index contributed by atoms with van der Waals surface area (Å²) in [5, 5.41) is 39.1. The number of fused-ring (bicyclic) bond motifs is 1. The van der Waals surface area contributed by atoms with E-state index in [-0.39, 0.29) is 17.3 Å². The molecule has 0 amide bonds. The fraction of sp³-hybridized carbons (Fsp3) is 1.00. The van der Waals surface area contributed by atoms with E-state index in [4.69, 9.17) is 0 Å². The Morgan fingerprint density at radius 3 is 1.86 bits per heavy atom. The number of aliphatic hydroxyl groups is 4. The summed E-state index contributed by atoms with van der Waals surface area (Å²) in [5.41, 5.74) is -1.80. The number of rotatable bonds is 0. The van der Waals surface area contributed by atoms with E-state index in [9.17, 15) is 20.4 Å². The van der Waals surface area contributed by atoms with E-state index in [0.717, 1.165) is 0 Å². The van der Waals surface area contributed by atoms with E-state index in [0.29, 0.717) is 0 Å². The fourth-order valence-electron chi connectivity index (χ4n) is 3.05. The van der Waals surface area contributed by atoms with Gasteiger partial charge in [-0.3, -0.25) is 0 Å². The first kappa shape index (κ1) is 10.4. The van der Waals surface area contributed by atoms with Crippen LogP contribution in [0.1, 0.15) is 20.8 Å². The molecule has 4 N–H and O–H groups in total. The van der Waals surface area contributed by atoms with Gasteiger partial charge in [-0.25, -0.2) is 0 Å². The molecule has 0 bridgehead atoms. The number of hydrogen-bond acceptors (Lipinski definition) is 4. The molecule has 2 rings (SSSR count). The van der Waals surface area contributed by atoms with E-state index in [1.807, 2.05) is 13.8 Å². The van der Waals surface area contributed by atoms with Gasteiger partial charge in [0, 0.05) is 0 Å². The quantitative estimate of drug-likeness (QED) is 0.410. The summed E-state index contributed by atoms with van der Waals surface area (Å²) >= 11 is 0. The van der Waals surface area contributed by atoms with E-state index < -0.39 is 23.9 Å². The van der Waals surface area contributed by atoms with Gasteiger partial charge in [0.2, 0.25) is 0 Å². The summed E-state index contributed by atoms with van der Waals surface area (Å²) in [6.07, 6.45) is -3.16. The molecule has 4 heteroatoms. The van der Waals surface area contributed by atoms with E-state index in [1.165, 1.54) is 6.92 Å². The Bertz CT molecular complexity index is 259. The highest BCUT2D eigenvalue weighted by molar-refractivity contribution is 5.21. The molecule has 0 aromatic rings. The lowest BCUT2D eigenvalue weighted by Gasteiger charge is -2.40. The zero-order chi connectivity index (χ0) is 10.9. The molecule has 82 valence electrons. The Morgan fingerprint density at radius 1 is 0.857 bits per heavy atom.